The number of thioether (sulfide) groups is 1. The molecular formula is C17H26ClN3O2S. The summed E-state index contributed by atoms with van der Waals surface area (Å²) in [5.41, 5.74) is 6.10. The largest absolute Gasteiger partial charge is 0.354 e. The molecule has 0 spiro atoms. The van der Waals surface area contributed by atoms with Crippen LogP contribution < -0.4 is 11.1 Å². The molecule has 1 heterocycles. The highest BCUT2D eigenvalue weighted by atomic mass is 35.5. The van der Waals surface area contributed by atoms with Gasteiger partial charge in [0, 0.05) is 42.6 Å². The average molecular weight is 372 g/mol. The molecule has 2 amide bonds. The molecule has 134 valence electrons. The van der Waals surface area contributed by atoms with Gasteiger partial charge < -0.3 is 16.0 Å². The number of carbonyl (C=O) groups excluding carboxylic acids is 2. The van der Waals surface area contributed by atoms with E-state index in [1.54, 1.807) is 11.8 Å². The Balaban J connectivity index is 0.00000288. The van der Waals surface area contributed by atoms with Crippen molar-refractivity contribution in [1.82, 2.24) is 10.2 Å². The summed E-state index contributed by atoms with van der Waals surface area (Å²) in [4.78, 5) is 27.4. The van der Waals surface area contributed by atoms with Gasteiger partial charge in [-0.25, -0.2) is 0 Å². The van der Waals surface area contributed by atoms with Crippen molar-refractivity contribution >= 4 is 36.0 Å². The lowest BCUT2D eigenvalue weighted by atomic mass is 10.0. The van der Waals surface area contributed by atoms with Gasteiger partial charge in [-0.15, -0.1) is 24.2 Å². The number of nitrogens with one attached hydrogen (secondary N) is 1. The van der Waals surface area contributed by atoms with E-state index in [2.05, 4.69) is 5.32 Å². The van der Waals surface area contributed by atoms with E-state index in [1.165, 1.54) is 0 Å². The predicted molar refractivity (Wildman–Crippen MR) is 101 cm³/mol. The minimum Gasteiger partial charge on any atom is -0.354 e. The topological polar surface area (TPSA) is 75.4 Å². The summed E-state index contributed by atoms with van der Waals surface area (Å²) >= 11 is 1.66. The molecule has 2 rings (SSSR count). The van der Waals surface area contributed by atoms with Crippen molar-refractivity contribution in [3.63, 3.8) is 0 Å². The van der Waals surface area contributed by atoms with Gasteiger partial charge in [0.1, 0.15) is 0 Å². The summed E-state index contributed by atoms with van der Waals surface area (Å²) in [5, 5.41) is 2.89. The number of nitrogens with two attached hydrogens (primary N) is 1. The Morgan fingerprint density at radius 1 is 1.29 bits per heavy atom. The molecule has 1 aromatic carbocycles. The Labute approximate surface area is 154 Å². The van der Waals surface area contributed by atoms with E-state index in [4.69, 9.17) is 5.73 Å². The van der Waals surface area contributed by atoms with Gasteiger partial charge in [-0.3, -0.25) is 9.59 Å². The lowest BCUT2D eigenvalue weighted by Crippen LogP contribution is -2.49. The normalized spacial score (nSPS) is 17.1. The van der Waals surface area contributed by atoms with Crippen LogP contribution in [0.1, 0.15) is 36.0 Å². The van der Waals surface area contributed by atoms with Crippen LogP contribution in [-0.4, -0.2) is 48.6 Å². The Hall–Kier alpha value is -1.24. The molecule has 7 heteroatoms. The summed E-state index contributed by atoms with van der Waals surface area (Å²) in [6.45, 7) is 1.61. The molecule has 0 radical (unpaired) electrons. The zero-order valence-corrected chi connectivity index (χ0v) is 15.6. The van der Waals surface area contributed by atoms with Crippen LogP contribution in [0.25, 0.3) is 0 Å². The molecule has 0 aromatic heterocycles. The highest BCUT2D eigenvalue weighted by Gasteiger charge is 2.27. The van der Waals surface area contributed by atoms with Crippen molar-refractivity contribution < 1.29 is 9.59 Å². The molecule has 0 aliphatic carbocycles. The minimum absolute atomic E-state index is 0. The summed E-state index contributed by atoms with van der Waals surface area (Å²) in [5.74, 6) is 0.00484. The maximum Gasteiger partial charge on any atom is 0.254 e. The average Bonchev–Trinajstić information content (AvgIpc) is 2.60. The third kappa shape index (κ3) is 5.69. The van der Waals surface area contributed by atoms with Crippen molar-refractivity contribution in [1.29, 1.82) is 0 Å². The molecule has 1 saturated heterocycles. The van der Waals surface area contributed by atoms with Crippen molar-refractivity contribution in [2.45, 2.75) is 36.6 Å². The fourth-order valence-corrected chi connectivity index (χ4v) is 3.24. The van der Waals surface area contributed by atoms with Crippen molar-refractivity contribution in [3.8, 4) is 0 Å². The second-order valence-corrected chi connectivity index (χ2v) is 6.60. The van der Waals surface area contributed by atoms with Gasteiger partial charge in [0.15, 0.2) is 0 Å². The monoisotopic (exact) mass is 371 g/mol. The van der Waals surface area contributed by atoms with Crippen LogP contribution in [0.5, 0.6) is 0 Å². The van der Waals surface area contributed by atoms with E-state index in [0.717, 1.165) is 30.7 Å². The first kappa shape index (κ1) is 20.8. The highest BCUT2D eigenvalue weighted by molar-refractivity contribution is 7.98. The number of benzene rings is 1. The van der Waals surface area contributed by atoms with Crippen LogP contribution >= 0.6 is 24.2 Å². The van der Waals surface area contributed by atoms with Gasteiger partial charge in [-0.05, 0) is 49.8 Å². The minimum atomic E-state index is -0.0465. The zero-order chi connectivity index (χ0) is 16.7. The highest BCUT2D eigenvalue weighted by Crippen LogP contribution is 2.21. The third-order valence-corrected chi connectivity index (χ3v) is 4.87. The number of nitrogens with zero attached hydrogens (tertiary/aromatic N) is 1. The molecule has 0 saturated carbocycles. The number of piperidine rings is 1. The van der Waals surface area contributed by atoms with Crippen LogP contribution in [0.2, 0.25) is 0 Å². The lowest BCUT2D eigenvalue weighted by molar-refractivity contribution is -0.121. The molecule has 5 nitrogen and oxygen atoms in total. The predicted octanol–water partition coefficient (Wildman–Crippen LogP) is 2.29. The smallest absolute Gasteiger partial charge is 0.254 e. The van der Waals surface area contributed by atoms with Crippen LogP contribution in [-0.2, 0) is 4.79 Å². The SMILES string of the molecule is CSc1ccc(C(=O)N2CCCCC2CNC(=O)CCN)cc1.Cl. The number of carbonyl (C=O) groups is 2. The fraction of sp³-hybridized carbons (Fsp3) is 0.529. The van der Waals surface area contributed by atoms with E-state index in [0.29, 0.717) is 25.1 Å². The van der Waals surface area contributed by atoms with Crippen molar-refractivity contribution in [3.05, 3.63) is 29.8 Å². The Kier molecular flexibility index (Phi) is 9.18. The van der Waals surface area contributed by atoms with E-state index in [-0.39, 0.29) is 30.3 Å². The van der Waals surface area contributed by atoms with E-state index < -0.39 is 0 Å². The molecule has 1 aliphatic rings. The maximum atomic E-state index is 12.8. The summed E-state index contributed by atoms with van der Waals surface area (Å²) in [6, 6.07) is 7.78. The van der Waals surface area contributed by atoms with Crippen LogP contribution in [0, 0.1) is 0 Å². The van der Waals surface area contributed by atoms with E-state index in [1.807, 2.05) is 35.4 Å². The Morgan fingerprint density at radius 2 is 2.00 bits per heavy atom. The van der Waals surface area contributed by atoms with Crippen LogP contribution in [0.3, 0.4) is 0 Å². The number of hydrogen-bond acceptors (Lipinski definition) is 4. The van der Waals surface area contributed by atoms with Gasteiger partial charge in [0.25, 0.3) is 5.91 Å². The van der Waals surface area contributed by atoms with Gasteiger partial charge >= 0.3 is 0 Å². The molecule has 1 aliphatic heterocycles. The molecule has 1 unspecified atom stereocenters. The number of halogens is 1. The van der Waals surface area contributed by atoms with Gasteiger partial charge in [-0.2, -0.15) is 0 Å². The quantitative estimate of drug-likeness (QED) is 0.752. The first-order valence-electron chi connectivity index (χ1n) is 8.07. The van der Waals surface area contributed by atoms with Gasteiger partial charge in [0.05, 0.1) is 0 Å². The van der Waals surface area contributed by atoms with Gasteiger partial charge in [0.2, 0.25) is 5.91 Å². The molecular weight excluding hydrogens is 346 g/mol. The van der Waals surface area contributed by atoms with Crippen molar-refractivity contribution in [2.75, 3.05) is 25.9 Å². The van der Waals surface area contributed by atoms with Crippen LogP contribution in [0.4, 0.5) is 0 Å². The molecule has 1 fully saturated rings. The van der Waals surface area contributed by atoms with Gasteiger partial charge in [-0.1, -0.05) is 0 Å². The third-order valence-electron chi connectivity index (χ3n) is 4.13. The zero-order valence-electron chi connectivity index (χ0n) is 14.0. The van der Waals surface area contributed by atoms with Crippen molar-refractivity contribution in [2.24, 2.45) is 5.73 Å². The molecule has 24 heavy (non-hydrogen) atoms. The first-order chi connectivity index (χ1) is 11.2. The summed E-state index contributed by atoms with van der Waals surface area (Å²) in [6.07, 6.45) is 5.38. The second kappa shape index (κ2) is 10.6. The Bertz CT molecular complexity index is 539. The standard InChI is InChI=1S/C17H25N3O2S.ClH/c1-23-15-7-5-13(6-8-15)17(22)20-11-3-2-4-14(20)12-19-16(21)9-10-18;/h5-8,14H,2-4,9-12,18H2,1H3,(H,19,21);1H. The molecule has 0 bridgehead atoms. The lowest BCUT2D eigenvalue weighted by Gasteiger charge is -2.36. The number of likely N-dealkylation sites (tertiary alicyclic amines) is 1. The number of rotatable bonds is 6. The van der Waals surface area contributed by atoms with E-state index in [9.17, 15) is 9.59 Å². The summed E-state index contributed by atoms with van der Waals surface area (Å²) in [7, 11) is 0. The molecule has 1 atom stereocenters. The summed E-state index contributed by atoms with van der Waals surface area (Å²) < 4.78 is 0. The maximum absolute atomic E-state index is 12.8. The Morgan fingerprint density at radius 3 is 2.62 bits per heavy atom. The molecule has 3 N–H and O–H groups in total. The molecule has 1 aromatic rings. The number of hydrogen-bond donors (Lipinski definition) is 2. The number of amides is 2. The fourth-order valence-electron chi connectivity index (χ4n) is 2.83. The first-order valence-corrected chi connectivity index (χ1v) is 9.30. The second-order valence-electron chi connectivity index (χ2n) is 5.72. The van der Waals surface area contributed by atoms with E-state index >= 15 is 0 Å². The van der Waals surface area contributed by atoms with Crippen LogP contribution in [0.15, 0.2) is 29.2 Å².